The van der Waals surface area contributed by atoms with Crippen LogP contribution in [-0.4, -0.2) is 22.6 Å². The third kappa shape index (κ3) is 7.43. The highest BCUT2D eigenvalue weighted by Crippen LogP contribution is 2.12. The highest BCUT2D eigenvalue weighted by atomic mass is 16.5. The normalized spacial score (nSPS) is 12.3. The van der Waals surface area contributed by atoms with Gasteiger partial charge in [0.15, 0.2) is 0 Å². The zero-order valence-corrected chi connectivity index (χ0v) is 13.2. The van der Waals surface area contributed by atoms with Gasteiger partial charge in [-0.3, -0.25) is 4.98 Å². The number of rotatable bonds is 11. The van der Waals surface area contributed by atoms with Crippen LogP contribution < -0.4 is 10.1 Å². The van der Waals surface area contributed by atoms with Crippen molar-refractivity contribution in [1.82, 2.24) is 15.3 Å². The van der Waals surface area contributed by atoms with Crippen molar-refractivity contribution >= 4 is 0 Å². The van der Waals surface area contributed by atoms with Gasteiger partial charge in [-0.25, -0.2) is 4.98 Å². The summed E-state index contributed by atoms with van der Waals surface area (Å²) in [6.07, 6.45) is 11.0. The van der Waals surface area contributed by atoms with Crippen molar-refractivity contribution in [3.05, 3.63) is 18.1 Å². The van der Waals surface area contributed by atoms with E-state index in [2.05, 4.69) is 36.1 Å². The molecule has 4 heteroatoms. The third-order valence-corrected chi connectivity index (χ3v) is 3.20. The van der Waals surface area contributed by atoms with Crippen molar-refractivity contribution in [3.8, 4) is 5.88 Å². The Bertz CT molecular complexity index is 340. The Balaban J connectivity index is 2.26. The Morgan fingerprint density at radius 2 is 1.95 bits per heavy atom. The summed E-state index contributed by atoms with van der Waals surface area (Å²) in [6, 6.07) is 0. The maximum Gasteiger partial charge on any atom is 0.232 e. The molecule has 0 spiro atoms. The minimum atomic E-state index is 0.213. The Hall–Kier alpha value is -1.16. The molecule has 1 atom stereocenters. The summed E-state index contributed by atoms with van der Waals surface area (Å²) >= 11 is 0. The van der Waals surface area contributed by atoms with E-state index in [4.69, 9.17) is 4.74 Å². The molecule has 0 bridgehead atoms. The van der Waals surface area contributed by atoms with E-state index < -0.39 is 0 Å². The van der Waals surface area contributed by atoms with Crippen LogP contribution >= 0.6 is 0 Å². The highest BCUT2D eigenvalue weighted by molar-refractivity contribution is 5.07. The van der Waals surface area contributed by atoms with E-state index in [0.29, 0.717) is 5.88 Å². The van der Waals surface area contributed by atoms with E-state index in [1.54, 1.807) is 12.4 Å². The first kappa shape index (κ1) is 16.9. The summed E-state index contributed by atoms with van der Waals surface area (Å²) in [5, 5.41) is 3.31. The fourth-order valence-electron chi connectivity index (χ4n) is 2.01. The molecule has 1 N–H and O–H groups in total. The van der Waals surface area contributed by atoms with Gasteiger partial charge in [0.1, 0.15) is 0 Å². The summed E-state index contributed by atoms with van der Waals surface area (Å²) in [5.41, 5.74) is 0.960. The van der Waals surface area contributed by atoms with Crippen LogP contribution in [0.2, 0.25) is 0 Å². The second-order valence-electron chi connectivity index (χ2n) is 5.30. The van der Waals surface area contributed by atoms with Crippen LogP contribution in [0.3, 0.4) is 0 Å². The molecule has 0 fully saturated rings. The van der Waals surface area contributed by atoms with Crippen LogP contribution in [0.15, 0.2) is 12.4 Å². The van der Waals surface area contributed by atoms with Crippen LogP contribution in [0.1, 0.15) is 65.0 Å². The lowest BCUT2D eigenvalue weighted by Gasteiger charge is -2.13. The highest BCUT2D eigenvalue weighted by Gasteiger charge is 2.05. The molecule has 1 aromatic rings. The molecule has 4 nitrogen and oxygen atoms in total. The molecule has 0 aliphatic heterocycles. The van der Waals surface area contributed by atoms with Crippen molar-refractivity contribution in [2.24, 2.45) is 0 Å². The number of nitrogens with zero attached hydrogens (tertiary/aromatic N) is 2. The molecule has 0 radical (unpaired) electrons. The standard InChI is InChI=1S/C16H29N3O/c1-4-6-7-8-9-14(3)20-16-13-18-15(12-19-16)11-17-10-5-2/h12-14,17H,4-11H2,1-3H3. The minimum Gasteiger partial charge on any atom is -0.474 e. The molecular weight excluding hydrogens is 250 g/mol. The van der Waals surface area contributed by atoms with E-state index in [-0.39, 0.29) is 6.10 Å². The Morgan fingerprint density at radius 1 is 1.10 bits per heavy atom. The molecule has 20 heavy (non-hydrogen) atoms. The predicted molar refractivity (Wildman–Crippen MR) is 82.9 cm³/mol. The van der Waals surface area contributed by atoms with Gasteiger partial charge in [-0.15, -0.1) is 0 Å². The molecule has 1 heterocycles. The van der Waals surface area contributed by atoms with E-state index in [1.165, 1.54) is 25.7 Å². The smallest absolute Gasteiger partial charge is 0.232 e. The van der Waals surface area contributed by atoms with Gasteiger partial charge >= 0.3 is 0 Å². The lowest BCUT2D eigenvalue weighted by atomic mass is 10.1. The van der Waals surface area contributed by atoms with Crippen molar-refractivity contribution in [1.29, 1.82) is 0 Å². The lowest BCUT2D eigenvalue weighted by molar-refractivity contribution is 0.197. The number of hydrogen-bond donors (Lipinski definition) is 1. The second-order valence-corrected chi connectivity index (χ2v) is 5.30. The third-order valence-electron chi connectivity index (χ3n) is 3.20. The van der Waals surface area contributed by atoms with E-state index in [0.717, 1.165) is 31.6 Å². The molecular formula is C16H29N3O. The maximum atomic E-state index is 5.78. The summed E-state index contributed by atoms with van der Waals surface area (Å²) < 4.78 is 5.78. The van der Waals surface area contributed by atoms with Crippen molar-refractivity contribution in [2.75, 3.05) is 6.54 Å². The van der Waals surface area contributed by atoms with Gasteiger partial charge in [-0.1, -0.05) is 33.1 Å². The summed E-state index contributed by atoms with van der Waals surface area (Å²) in [7, 11) is 0. The number of aromatic nitrogens is 2. The quantitative estimate of drug-likeness (QED) is 0.627. The molecule has 1 aromatic heterocycles. The van der Waals surface area contributed by atoms with Crippen molar-refractivity contribution < 1.29 is 4.74 Å². The summed E-state index contributed by atoms with van der Waals surface area (Å²) in [5.74, 6) is 0.632. The number of nitrogens with one attached hydrogen (secondary N) is 1. The topological polar surface area (TPSA) is 47.0 Å². The van der Waals surface area contributed by atoms with Gasteiger partial charge in [-0.2, -0.15) is 0 Å². The van der Waals surface area contributed by atoms with Crippen LogP contribution in [0.4, 0.5) is 0 Å². The number of ether oxygens (including phenoxy) is 1. The zero-order valence-electron chi connectivity index (χ0n) is 13.2. The van der Waals surface area contributed by atoms with E-state index in [9.17, 15) is 0 Å². The molecule has 0 aliphatic carbocycles. The Labute approximate surface area is 123 Å². The zero-order chi connectivity index (χ0) is 14.6. The van der Waals surface area contributed by atoms with Gasteiger partial charge < -0.3 is 10.1 Å². The molecule has 0 saturated heterocycles. The van der Waals surface area contributed by atoms with Crippen LogP contribution in [0.25, 0.3) is 0 Å². The van der Waals surface area contributed by atoms with Crippen LogP contribution in [0.5, 0.6) is 5.88 Å². The molecule has 114 valence electrons. The molecule has 1 unspecified atom stereocenters. The first-order valence-electron chi connectivity index (χ1n) is 7.94. The fraction of sp³-hybridized carbons (Fsp3) is 0.750. The van der Waals surface area contributed by atoms with E-state index >= 15 is 0 Å². The van der Waals surface area contributed by atoms with Crippen molar-refractivity contribution in [3.63, 3.8) is 0 Å². The summed E-state index contributed by atoms with van der Waals surface area (Å²) in [6.45, 7) is 8.26. The molecule has 0 aromatic carbocycles. The molecule has 0 aliphatic rings. The van der Waals surface area contributed by atoms with Crippen molar-refractivity contribution in [2.45, 2.75) is 71.9 Å². The van der Waals surface area contributed by atoms with Gasteiger partial charge in [-0.05, 0) is 32.7 Å². The lowest BCUT2D eigenvalue weighted by Crippen LogP contribution is -2.16. The van der Waals surface area contributed by atoms with Gasteiger partial charge in [0, 0.05) is 6.54 Å². The molecule has 0 saturated carbocycles. The first-order chi connectivity index (χ1) is 9.76. The Morgan fingerprint density at radius 3 is 2.60 bits per heavy atom. The Kier molecular flexibility index (Phi) is 8.96. The SMILES string of the molecule is CCCCCCC(C)Oc1cnc(CNCCC)cn1. The van der Waals surface area contributed by atoms with Gasteiger partial charge in [0.05, 0.1) is 24.2 Å². The van der Waals surface area contributed by atoms with Crippen LogP contribution in [-0.2, 0) is 6.54 Å². The minimum absolute atomic E-state index is 0.213. The molecule has 0 amide bonds. The number of unbranched alkanes of at least 4 members (excludes halogenated alkanes) is 3. The summed E-state index contributed by atoms with van der Waals surface area (Å²) in [4.78, 5) is 8.68. The largest absolute Gasteiger partial charge is 0.474 e. The van der Waals surface area contributed by atoms with Crippen LogP contribution in [0, 0.1) is 0 Å². The first-order valence-corrected chi connectivity index (χ1v) is 7.94. The fourth-order valence-corrected chi connectivity index (χ4v) is 2.01. The second kappa shape index (κ2) is 10.6. The molecule has 1 rings (SSSR count). The average molecular weight is 279 g/mol. The monoisotopic (exact) mass is 279 g/mol. The van der Waals surface area contributed by atoms with Gasteiger partial charge in [0.25, 0.3) is 0 Å². The average Bonchev–Trinajstić information content (AvgIpc) is 2.46. The van der Waals surface area contributed by atoms with E-state index in [1.807, 2.05) is 0 Å². The predicted octanol–water partition coefficient (Wildman–Crippen LogP) is 3.71. The number of hydrogen-bond acceptors (Lipinski definition) is 4. The maximum absolute atomic E-state index is 5.78. The van der Waals surface area contributed by atoms with Gasteiger partial charge in [0.2, 0.25) is 5.88 Å².